The zero-order chi connectivity index (χ0) is 12.3. The topological polar surface area (TPSA) is 47.0 Å². The van der Waals surface area contributed by atoms with Gasteiger partial charge in [0.05, 0.1) is 12.8 Å². The number of nitrogens with zero attached hydrogens (tertiary/aromatic N) is 1. The van der Waals surface area contributed by atoms with E-state index in [1.54, 1.807) is 11.8 Å². The number of ether oxygens (including phenoxy) is 1. The van der Waals surface area contributed by atoms with Crippen LogP contribution in [0, 0.1) is 0 Å². The minimum atomic E-state index is -0.0114. The van der Waals surface area contributed by atoms with Crippen LogP contribution < -0.4 is 10.3 Å². The van der Waals surface area contributed by atoms with E-state index in [2.05, 4.69) is 12.0 Å². The van der Waals surface area contributed by atoms with Crippen molar-refractivity contribution in [3.8, 4) is 11.4 Å². The molecule has 0 aliphatic carbocycles. The van der Waals surface area contributed by atoms with E-state index >= 15 is 0 Å². The van der Waals surface area contributed by atoms with Crippen LogP contribution in [0.2, 0.25) is 0 Å². The highest BCUT2D eigenvalue weighted by Gasteiger charge is 2.04. The van der Waals surface area contributed by atoms with Crippen molar-refractivity contribution in [2.75, 3.05) is 7.11 Å². The second-order valence-electron chi connectivity index (χ2n) is 3.91. The lowest BCUT2D eigenvalue weighted by atomic mass is 10.2. The number of hydrogen-bond acceptors (Lipinski definition) is 2. The molecule has 90 valence electrons. The first-order chi connectivity index (χ1) is 8.24. The molecule has 4 nitrogen and oxygen atoms in total. The summed E-state index contributed by atoms with van der Waals surface area (Å²) >= 11 is 0. The van der Waals surface area contributed by atoms with Crippen LogP contribution in [-0.4, -0.2) is 16.9 Å². The van der Waals surface area contributed by atoms with Gasteiger partial charge in [-0.1, -0.05) is 13.3 Å². The predicted molar refractivity (Wildman–Crippen MR) is 66.9 cm³/mol. The van der Waals surface area contributed by atoms with E-state index in [0.717, 1.165) is 29.8 Å². The van der Waals surface area contributed by atoms with Gasteiger partial charge in [0, 0.05) is 11.8 Å². The molecule has 0 bridgehead atoms. The summed E-state index contributed by atoms with van der Waals surface area (Å²) in [5, 5.41) is 2.80. The van der Waals surface area contributed by atoms with Crippen LogP contribution in [0.1, 0.15) is 18.9 Å². The lowest BCUT2D eigenvalue weighted by molar-refractivity contribution is 0.414. The fourth-order valence-electron chi connectivity index (χ4n) is 1.76. The maximum Gasteiger partial charge on any atom is 0.267 e. The van der Waals surface area contributed by atoms with Crippen LogP contribution in [0.15, 0.2) is 35.3 Å². The van der Waals surface area contributed by atoms with E-state index in [4.69, 9.17) is 4.74 Å². The predicted octanol–water partition coefficient (Wildman–Crippen LogP) is 2.13. The van der Waals surface area contributed by atoms with Crippen molar-refractivity contribution in [1.82, 2.24) is 9.78 Å². The number of hydrogen-bond donors (Lipinski definition) is 1. The first-order valence-corrected chi connectivity index (χ1v) is 5.69. The Morgan fingerprint density at radius 1 is 1.29 bits per heavy atom. The number of aryl methyl sites for hydroxylation is 1. The zero-order valence-corrected chi connectivity index (χ0v) is 10.1. The third-order valence-corrected chi connectivity index (χ3v) is 2.67. The van der Waals surface area contributed by atoms with Crippen molar-refractivity contribution in [3.05, 3.63) is 46.4 Å². The third kappa shape index (κ3) is 2.41. The molecule has 4 heteroatoms. The molecule has 0 aliphatic rings. The third-order valence-electron chi connectivity index (χ3n) is 2.67. The van der Waals surface area contributed by atoms with E-state index < -0.39 is 0 Å². The van der Waals surface area contributed by atoms with Crippen LogP contribution in [0.5, 0.6) is 5.75 Å². The van der Waals surface area contributed by atoms with Crippen molar-refractivity contribution in [3.63, 3.8) is 0 Å². The average Bonchev–Trinajstić information content (AvgIpc) is 2.72. The number of methoxy groups -OCH3 is 1. The van der Waals surface area contributed by atoms with Gasteiger partial charge in [-0.05, 0) is 30.7 Å². The van der Waals surface area contributed by atoms with Crippen molar-refractivity contribution < 1.29 is 4.74 Å². The summed E-state index contributed by atoms with van der Waals surface area (Å²) < 4.78 is 6.83. The summed E-state index contributed by atoms with van der Waals surface area (Å²) in [6.07, 6.45) is 3.63. The number of H-pyrrole nitrogens is 1. The molecule has 0 saturated heterocycles. The van der Waals surface area contributed by atoms with Gasteiger partial charge in [0.2, 0.25) is 0 Å². The molecule has 0 saturated carbocycles. The van der Waals surface area contributed by atoms with Crippen LogP contribution >= 0.6 is 0 Å². The van der Waals surface area contributed by atoms with Crippen LogP contribution in [0.25, 0.3) is 5.69 Å². The molecule has 0 radical (unpaired) electrons. The van der Waals surface area contributed by atoms with Gasteiger partial charge in [0.15, 0.2) is 0 Å². The molecular weight excluding hydrogens is 216 g/mol. The summed E-state index contributed by atoms with van der Waals surface area (Å²) in [5.74, 6) is 0.803. The van der Waals surface area contributed by atoms with Crippen molar-refractivity contribution in [1.29, 1.82) is 0 Å². The van der Waals surface area contributed by atoms with E-state index in [-0.39, 0.29) is 5.56 Å². The van der Waals surface area contributed by atoms with Crippen molar-refractivity contribution in [2.24, 2.45) is 0 Å². The molecule has 0 fully saturated rings. The maximum absolute atomic E-state index is 11.6. The molecule has 0 spiro atoms. The van der Waals surface area contributed by atoms with E-state index in [1.165, 1.54) is 0 Å². The quantitative estimate of drug-likeness (QED) is 0.877. The lowest BCUT2D eigenvalue weighted by Crippen LogP contribution is -2.07. The summed E-state index contributed by atoms with van der Waals surface area (Å²) in [7, 11) is 1.63. The highest BCUT2D eigenvalue weighted by molar-refractivity contribution is 5.37. The van der Waals surface area contributed by atoms with Crippen LogP contribution in [-0.2, 0) is 6.42 Å². The molecule has 2 rings (SSSR count). The fraction of sp³-hybridized carbons (Fsp3) is 0.308. The number of rotatable bonds is 4. The Morgan fingerprint density at radius 2 is 2.00 bits per heavy atom. The Morgan fingerprint density at radius 3 is 2.59 bits per heavy atom. The molecular formula is C13H16N2O2. The number of aromatic nitrogens is 2. The minimum Gasteiger partial charge on any atom is -0.497 e. The zero-order valence-electron chi connectivity index (χ0n) is 10.1. The average molecular weight is 232 g/mol. The van der Waals surface area contributed by atoms with Gasteiger partial charge in [-0.25, -0.2) is 0 Å². The van der Waals surface area contributed by atoms with Crippen LogP contribution in [0.4, 0.5) is 0 Å². The summed E-state index contributed by atoms with van der Waals surface area (Å²) in [4.78, 5) is 11.6. The van der Waals surface area contributed by atoms with Gasteiger partial charge in [-0.15, -0.1) is 0 Å². The standard InChI is InChI=1S/C13H16N2O2/c1-3-4-10-9-15(14-13(10)16)11-5-7-12(17-2)8-6-11/h5-9H,3-4H2,1-2H3,(H,14,16). The molecule has 0 aliphatic heterocycles. The Labute approximate surface area is 99.8 Å². The molecule has 2 aromatic rings. The molecule has 0 unspecified atom stereocenters. The second-order valence-corrected chi connectivity index (χ2v) is 3.91. The Balaban J connectivity index is 2.32. The molecule has 1 N–H and O–H groups in total. The largest absolute Gasteiger partial charge is 0.497 e. The summed E-state index contributed by atoms with van der Waals surface area (Å²) in [6.45, 7) is 2.06. The van der Waals surface area contributed by atoms with Gasteiger partial charge in [0.25, 0.3) is 5.56 Å². The summed E-state index contributed by atoms with van der Waals surface area (Å²) in [6, 6.07) is 7.55. The Bertz CT molecular complexity index is 537. The van der Waals surface area contributed by atoms with E-state index in [0.29, 0.717) is 0 Å². The van der Waals surface area contributed by atoms with Crippen molar-refractivity contribution >= 4 is 0 Å². The summed E-state index contributed by atoms with van der Waals surface area (Å²) in [5.41, 5.74) is 1.73. The molecule has 0 atom stereocenters. The Kier molecular flexibility index (Phi) is 3.32. The number of benzene rings is 1. The Hall–Kier alpha value is -1.97. The van der Waals surface area contributed by atoms with Gasteiger partial charge >= 0.3 is 0 Å². The van der Waals surface area contributed by atoms with Crippen LogP contribution in [0.3, 0.4) is 0 Å². The highest BCUT2D eigenvalue weighted by Crippen LogP contribution is 2.14. The molecule has 1 heterocycles. The molecule has 1 aromatic carbocycles. The highest BCUT2D eigenvalue weighted by atomic mass is 16.5. The second kappa shape index (κ2) is 4.91. The molecule has 17 heavy (non-hydrogen) atoms. The first kappa shape index (κ1) is 11.5. The maximum atomic E-state index is 11.6. The smallest absolute Gasteiger partial charge is 0.267 e. The fourth-order valence-corrected chi connectivity index (χ4v) is 1.76. The monoisotopic (exact) mass is 232 g/mol. The lowest BCUT2D eigenvalue weighted by Gasteiger charge is -2.03. The SMILES string of the molecule is CCCc1cn(-c2ccc(OC)cc2)[nH]c1=O. The van der Waals surface area contributed by atoms with Gasteiger partial charge in [0.1, 0.15) is 5.75 Å². The normalized spacial score (nSPS) is 10.5. The number of nitrogens with one attached hydrogen (secondary N) is 1. The van der Waals surface area contributed by atoms with E-state index in [9.17, 15) is 4.79 Å². The van der Waals surface area contributed by atoms with Gasteiger partial charge in [-0.2, -0.15) is 0 Å². The van der Waals surface area contributed by atoms with E-state index in [1.807, 2.05) is 30.5 Å². The van der Waals surface area contributed by atoms with Crippen molar-refractivity contribution in [2.45, 2.75) is 19.8 Å². The number of aromatic amines is 1. The van der Waals surface area contributed by atoms with Gasteiger partial charge in [-0.3, -0.25) is 14.6 Å². The first-order valence-electron chi connectivity index (χ1n) is 5.69. The minimum absolute atomic E-state index is 0.0114. The van der Waals surface area contributed by atoms with Gasteiger partial charge < -0.3 is 4.74 Å². The molecule has 0 amide bonds. The molecule has 1 aromatic heterocycles.